The Bertz CT molecular complexity index is 297. The molecule has 76 valence electrons. The maximum atomic E-state index is 11.6. The van der Waals surface area contributed by atoms with Crippen LogP contribution in [-0.2, 0) is 4.79 Å². The number of carbonyl (C=O) groups is 1. The lowest BCUT2D eigenvalue weighted by Crippen LogP contribution is -2.30. The van der Waals surface area contributed by atoms with Crippen molar-refractivity contribution in [3.05, 3.63) is 6.33 Å². The van der Waals surface area contributed by atoms with Crippen molar-refractivity contribution in [2.24, 2.45) is 0 Å². The van der Waals surface area contributed by atoms with Crippen LogP contribution in [0.15, 0.2) is 6.33 Å². The van der Waals surface area contributed by atoms with E-state index < -0.39 is 0 Å². The summed E-state index contributed by atoms with van der Waals surface area (Å²) in [6.45, 7) is 0. The van der Waals surface area contributed by atoms with Crippen molar-refractivity contribution in [2.75, 3.05) is 22.6 Å². The van der Waals surface area contributed by atoms with Gasteiger partial charge in [-0.3, -0.25) is 10.1 Å². The second-order valence-corrected chi connectivity index (χ2v) is 5.22. The molecule has 14 heavy (non-hydrogen) atoms. The van der Waals surface area contributed by atoms with Gasteiger partial charge < -0.3 is 0 Å². The lowest BCUT2D eigenvalue weighted by molar-refractivity contribution is -0.115. The molecule has 2 rings (SSSR count). The molecule has 1 aromatic heterocycles. The van der Waals surface area contributed by atoms with Gasteiger partial charge in [0.25, 0.3) is 0 Å². The smallest absolute Gasteiger partial charge is 0.240 e. The molecule has 1 aliphatic heterocycles. The average molecular weight is 230 g/mol. The molecule has 5 nitrogen and oxygen atoms in total. The molecule has 1 amide bonds. The Labute approximate surface area is 89.8 Å². The quantitative estimate of drug-likeness (QED) is 0.778. The molecule has 1 aliphatic rings. The third-order valence-corrected chi connectivity index (χ3v) is 4.52. The first kappa shape index (κ1) is 9.85. The van der Waals surface area contributed by atoms with E-state index in [4.69, 9.17) is 0 Å². The maximum absolute atomic E-state index is 11.6. The molecule has 0 saturated carbocycles. The summed E-state index contributed by atoms with van der Waals surface area (Å²) in [6, 6.07) is 0. The van der Waals surface area contributed by atoms with Crippen LogP contribution in [-0.4, -0.2) is 43.6 Å². The summed E-state index contributed by atoms with van der Waals surface area (Å²) < 4.78 is 0. The van der Waals surface area contributed by atoms with E-state index in [0.29, 0.717) is 5.95 Å². The standard InChI is InChI=1S/C7H10N4OS2/c12-6(5-3-13-1-2-14-5)10-7-8-4-9-11-7/h4-5H,1-3H2,(H2,8,9,10,11,12)/t5-/m1/s1. The van der Waals surface area contributed by atoms with E-state index >= 15 is 0 Å². The molecule has 7 heteroatoms. The molecule has 0 unspecified atom stereocenters. The van der Waals surface area contributed by atoms with Gasteiger partial charge in [-0.1, -0.05) is 0 Å². The topological polar surface area (TPSA) is 70.7 Å². The predicted molar refractivity (Wildman–Crippen MR) is 58.6 cm³/mol. The number of thioether (sulfide) groups is 2. The number of nitrogens with one attached hydrogen (secondary N) is 2. The van der Waals surface area contributed by atoms with Crippen LogP contribution in [0.5, 0.6) is 0 Å². The first-order valence-electron chi connectivity index (χ1n) is 4.22. The second kappa shape index (κ2) is 4.70. The molecule has 2 heterocycles. The predicted octanol–water partition coefficient (Wildman–Crippen LogP) is 0.592. The van der Waals surface area contributed by atoms with E-state index in [0.717, 1.165) is 17.3 Å². The number of aromatic amines is 1. The summed E-state index contributed by atoms with van der Waals surface area (Å²) in [5.74, 6) is 3.49. The van der Waals surface area contributed by atoms with E-state index in [1.165, 1.54) is 6.33 Å². The molecule has 0 radical (unpaired) electrons. The van der Waals surface area contributed by atoms with Crippen LogP contribution >= 0.6 is 23.5 Å². The van der Waals surface area contributed by atoms with Crippen LogP contribution in [0, 0.1) is 0 Å². The molecule has 1 saturated heterocycles. The zero-order valence-corrected chi connectivity index (χ0v) is 9.03. The van der Waals surface area contributed by atoms with Gasteiger partial charge in [-0.15, -0.1) is 11.8 Å². The summed E-state index contributed by atoms with van der Waals surface area (Å²) in [4.78, 5) is 15.5. The molecule has 1 fully saturated rings. The molecule has 2 N–H and O–H groups in total. The number of H-pyrrole nitrogens is 1. The van der Waals surface area contributed by atoms with E-state index in [1.54, 1.807) is 11.8 Å². The number of aromatic nitrogens is 3. The van der Waals surface area contributed by atoms with E-state index in [9.17, 15) is 4.79 Å². The van der Waals surface area contributed by atoms with Gasteiger partial charge >= 0.3 is 0 Å². The van der Waals surface area contributed by atoms with Crippen molar-refractivity contribution in [1.82, 2.24) is 15.2 Å². The number of hydrogen-bond donors (Lipinski definition) is 2. The highest BCUT2D eigenvalue weighted by molar-refractivity contribution is 8.07. The Morgan fingerprint density at radius 3 is 3.21 bits per heavy atom. The van der Waals surface area contributed by atoms with Gasteiger partial charge in [0.05, 0.1) is 5.25 Å². The molecular formula is C7H10N4OS2. The fourth-order valence-corrected chi connectivity index (χ4v) is 3.66. The van der Waals surface area contributed by atoms with Crippen molar-refractivity contribution in [3.63, 3.8) is 0 Å². The number of anilines is 1. The van der Waals surface area contributed by atoms with Gasteiger partial charge in [0, 0.05) is 17.3 Å². The van der Waals surface area contributed by atoms with E-state index in [-0.39, 0.29) is 11.2 Å². The number of hydrogen-bond acceptors (Lipinski definition) is 5. The molecule has 0 bridgehead atoms. The maximum Gasteiger partial charge on any atom is 0.240 e. The Morgan fingerprint density at radius 2 is 2.57 bits per heavy atom. The Kier molecular flexibility index (Phi) is 3.30. The fraction of sp³-hybridized carbons (Fsp3) is 0.571. The zero-order chi connectivity index (χ0) is 9.80. The Morgan fingerprint density at radius 1 is 1.64 bits per heavy atom. The number of rotatable bonds is 2. The molecule has 0 spiro atoms. The molecule has 1 aromatic rings. The lowest BCUT2D eigenvalue weighted by Gasteiger charge is -2.19. The van der Waals surface area contributed by atoms with Crippen LogP contribution in [0.25, 0.3) is 0 Å². The van der Waals surface area contributed by atoms with Gasteiger partial charge in [0.15, 0.2) is 0 Å². The van der Waals surface area contributed by atoms with Gasteiger partial charge in [-0.25, -0.2) is 5.10 Å². The first-order valence-corrected chi connectivity index (χ1v) is 6.42. The van der Waals surface area contributed by atoms with Crippen molar-refractivity contribution >= 4 is 35.4 Å². The fourth-order valence-electron chi connectivity index (χ4n) is 1.10. The molecule has 0 aromatic carbocycles. The second-order valence-electron chi connectivity index (χ2n) is 2.76. The normalized spacial score (nSPS) is 21.9. The van der Waals surface area contributed by atoms with Crippen LogP contribution in [0.1, 0.15) is 0 Å². The summed E-state index contributed by atoms with van der Waals surface area (Å²) in [6.07, 6.45) is 1.37. The molecular weight excluding hydrogens is 220 g/mol. The average Bonchev–Trinajstić information content (AvgIpc) is 2.72. The van der Waals surface area contributed by atoms with Crippen molar-refractivity contribution in [3.8, 4) is 0 Å². The minimum absolute atomic E-state index is 0.0129. The Hall–Kier alpha value is -0.690. The summed E-state index contributed by atoms with van der Waals surface area (Å²) in [5.41, 5.74) is 0. The minimum atomic E-state index is 0.0129. The van der Waals surface area contributed by atoms with E-state index in [2.05, 4.69) is 20.5 Å². The van der Waals surface area contributed by atoms with Crippen molar-refractivity contribution in [2.45, 2.75) is 5.25 Å². The molecule has 1 atom stereocenters. The van der Waals surface area contributed by atoms with Crippen LogP contribution in [0.2, 0.25) is 0 Å². The largest absolute Gasteiger partial charge is 0.294 e. The number of amides is 1. The highest BCUT2D eigenvalue weighted by atomic mass is 32.2. The lowest BCUT2D eigenvalue weighted by atomic mass is 10.4. The van der Waals surface area contributed by atoms with Crippen molar-refractivity contribution in [1.29, 1.82) is 0 Å². The Balaban J connectivity index is 1.88. The summed E-state index contributed by atoms with van der Waals surface area (Å²) >= 11 is 3.51. The third-order valence-electron chi connectivity index (χ3n) is 1.76. The zero-order valence-electron chi connectivity index (χ0n) is 7.40. The summed E-state index contributed by atoms with van der Waals surface area (Å²) in [7, 11) is 0. The van der Waals surface area contributed by atoms with Crippen LogP contribution in [0.4, 0.5) is 5.95 Å². The van der Waals surface area contributed by atoms with Gasteiger partial charge in [0.2, 0.25) is 11.9 Å². The van der Waals surface area contributed by atoms with Gasteiger partial charge in [-0.05, 0) is 0 Å². The van der Waals surface area contributed by atoms with Gasteiger partial charge in [-0.2, -0.15) is 21.8 Å². The third kappa shape index (κ3) is 2.42. The monoisotopic (exact) mass is 230 g/mol. The first-order chi connectivity index (χ1) is 6.86. The molecule has 0 aliphatic carbocycles. The highest BCUT2D eigenvalue weighted by Crippen LogP contribution is 2.24. The minimum Gasteiger partial charge on any atom is -0.294 e. The van der Waals surface area contributed by atoms with Crippen molar-refractivity contribution < 1.29 is 4.79 Å². The number of carbonyl (C=O) groups excluding carboxylic acids is 1. The van der Waals surface area contributed by atoms with E-state index in [1.807, 2.05) is 11.8 Å². The van der Waals surface area contributed by atoms with Gasteiger partial charge in [0.1, 0.15) is 6.33 Å². The summed E-state index contributed by atoms with van der Waals surface area (Å²) in [5, 5.41) is 8.99. The van der Waals surface area contributed by atoms with Crippen LogP contribution in [0.3, 0.4) is 0 Å². The number of nitrogens with zero attached hydrogens (tertiary/aromatic N) is 2. The SMILES string of the molecule is O=C(Nc1ncn[nH]1)[C@H]1CSCCS1. The highest BCUT2D eigenvalue weighted by Gasteiger charge is 2.22. The van der Waals surface area contributed by atoms with Crippen LogP contribution < -0.4 is 5.32 Å².